The molecule has 0 aliphatic carbocycles. The van der Waals surface area contributed by atoms with Crippen molar-refractivity contribution in [3.05, 3.63) is 64.5 Å². The second kappa shape index (κ2) is 7.70. The fraction of sp³-hybridized carbons (Fsp3) is 0.300. The number of benzene rings is 2. The highest BCUT2D eigenvalue weighted by Crippen LogP contribution is 2.22. The maximum atomic E-state index is 13.2. The molecule has 2 aromatic rings. The summed E-state index contributed by atoms with van der Waals surface area (Å²) in [6, 6.07) is -7.84. The smallest absolute Gasteiger partial charge is 0.350 e. The van der Waals surface area contributed by atoms with Gasteiger partial charge in [0.1, 0.15) is 5.75 Å². The van der Waals surface area contributed by atoms with E-state index in [1.165, 1.54) is 0 Å². The Kier molecular flexibility index (Phi) is 2.31. The molecule has 2 unspecified atom stereocenters. The first-order valence-electron chi connectivity index (χ1n) is 13.8. The van der Waals surface area contributed by atoms with Gasteiger partial charge >= 0.3 is 5.97 Å². The average Bonchev–Trinajstić information content (AvgIpc) is 2.81. The first-order valence-corrected chi connectivity index (χ1v) is 7.19. The monoisotopic (exact) mass is 374 g/mol. The molecule has 2 aromatic carbocycles. The summed E-state index contributed by atoms with van der Waals surface area (Å²) in [6.07, 6.45) is -1.78. The van der Waals surface area contributed by atoms with E-state index in [2.05, 4.69) is 0 Å². The van der Waals surface area contributed by atoms with Crippen molar-refractivity contribution in [3.63, 3.8) is 0 Å². The van der Waals surface area contributed by atoms with Crippen LogP contribution in [-0.4, -0.2) is 23.5 Å². The van der Waals surface area contributed by atoms with Gasteiger partial charge in [-0.25, -0.2) is 4.79 Å². The predicted molar refractivity (Wildman–Crippen MR) is 97.3 cm³/mol. The van der Waals surface area contributed by atoms with Crippen LogP contribution in [0.15, 0.2) is 48.3 Å². The van der Waals surface area contributed by atoms with Crippen LogP contribution in [0.3, 0.4) is 0 Å². The van der Waals surface area contributed by atoms with Crippen LogP contribution in [0.2, 0.25) is 5.02 Å². The molecule has 25 heavy (non-hydrogen) atoms. The molecule has 132 valence electrons. The molecular weight excluding hydrogens is 340 g/mol. The van der Waals surface area contributed by atoms with Crippen LogP contribution in [0.4, 0.5) is 0 Å². The standard InChI is InChI=1S/C20H21ClO4/c1-13(2)24-19(23)20(3,4)25-17-11-7-15(8-12-17)18(22)14-5-9-16(21)10-6-14/h5-13H,1-4H3/i1D3,3D3,5D,6D,7D,8D,9D,10D,11D,12D. The van der Waals surface area contributed by atoms with Crippen LogP contribution in [0.25, 0.3) is 0 Å². The molecule has 0 bridgehead atoms. The fourth-order valence-corrected chi connectivity index (χ4v) is 1.61. The molecule has 0 aromatic heterocycles. The summed E-state index contributed by atoms with van der Waals surface area (Å²) in [4.78, 5) is 26.0. The molecule has 0 heterocycles. The van der Waals surface area contributed by atoms with E-state index in [4.69, 9.17) is 40.3 Å². The number of rotatable bonds is 6. The van der Waals surface area contributed by atoms with Gasteiger partial charge in [0.05, 0.1) is 17.1 Å². The van der Waals surface area contributed by atoms with Crippen LogP contribution in [-0.2, 0) is 9.53 Å². The van der Waals surface area contributed by atoms with E-state index in [1.807, 2.05) is 0 Å². The summed E-state index contributed by atoms with van der Waals surface area (Å²) in [6.45, 7) is -4.56. The molecule has 0 amide bonds. The molecule has 2 rings (SSSR count). The molecule has 0 saturated carbocycles. The second-order valence-electron chi connectivity index (χ2n) is 4.91. The maximum absolute atomic E-state index is 13.2. The summed E-state index contributed by atoms with van der Waals surface area (Å²) in [5.74, 6) is -4.21. The van der Waals surface area contributed by atoms with Crippen molar-refractivity contribution in [1.82, 2.24) is 0 Å². The lowest BCUT2D eigenvalue weighted by Crippen LogP contribution is -2.40. The number of ketones is 1. The molecule has 0 aliphatic heterocycles. The van der Waals surface area contributed by atoms with Gasteiger partial charge in [-0.05, 0) is 75.9 Å². The first kappa shape index (κ1) is 7.50. The third-order valence-electron chi connectivity index (χ3n) is 2.63. The Morgan fingerprint density at radius 1 is 1.12 bits per heavy atom. The lowest BCUT2D eigenvalue weighted by atomic mass is 10.0. The van der Waals surface area contributed by atoms with Crippen molar-refractivity contribution in [2.45, 2.75) is 39.3 Å². The number of ether oxygens (including phenoxy) is 2. The molecule has 0 N–H and O–H groups in total. The van der Waals surface area contributed by atoms with Crippen LogP contribution in [0, 0.1) is 0 Å². The molecule has 2 atom stereocenters. The third kappa shape index (κ3) is 5.07. The van der Waals surface area contributed by atoms with Crippen LogP contribution in [0.5, 0.6) is 5.75 Å². The minimum Gasteiger partial charge on any atom is -0.476 e. The third-order valence-corrected chi connectivity index (χ3v) is 2.82. The zero-order chi connectivity index (χ0) is 30.6. The van der Waals surface area contributed by atoms with E-state index in [9.17, 15) is 9.59 Å². The van der Waals surface area contributed by atoms with E-state index >= 15 is 0 Å². The van der Waals surface area contributed by atoms with Crippen LogP contribution >= 0.6 is 11.6 Å². The maximum Gasteiger partial charge on any atom is 0.350 e. The number of hydrogen-bond acceptors (Lipinski definition) is 4. The highest BCUT2D eigenvalue weighted by atomic mass is 35.5. The van der Waals surface area contributed by atoms with Crippen molar-refractivity contribution in [2.24, 2.45) is 0 Å². The topological polar surface area (TPSA) is 52.6 Å². The van der Waals surface area contributed by atoms with Gasteiger partial charge in [0, 0.05) is 24.4 Å². The van der Waals surface area contributed by atoms with E-state index < -0.39 is 107 Å². The van der Waals surface area contributed by atoms with Gasteiger partial charge in [-0.15, -0.1) is 0 Å². The summed E-state index contributed by atoms with van der Waals surface area (Å²) < 4.78 is 120. The molecule has 0 saturated heterocycles. The summed E-state index contributed by atoms with van der Waals surface area (Å²) in [7, 11) is 0. The largest absolute Gasteiger partial charge is 0.476 e. The van der Waals surface area contributed by atoms with Crippen molar-refractivity contribution in [1.29, 1.82) is 0 Å². The molecule has 0 spiro atoms. The van der Waals surface area contributed by atoms with Crippen molar-refractivity contribution < 1.29 is 38.3 Å². The molecular formula is C20H21ClO4. The van der Waals surface area contributed by atoms with Crippen molar-refractivity contribution in [3.8, 4) is 5.75 Å². The molecule has 5 heteroatoms. The lowest BCUT2D eigenvalue weighted by molar-refractivity contribution is -0.163. The van der Waals surface area contributed by atoms with Crippen LogP contribution < -0.4 is 4.74 Å². The van der Waals surface area contributed by atoms with Gasteiger partial charge in [0.25, 0.3) is 0 Å². The van der Waals surface area contributed by atoms with Gasteiger partial charge in [-0.2, -0.15) is 0 Å². The van der Waals surface area contributed by atoms with Gasteiger partial charge < -0.3 is 9.47 Å². The number of carbonyl (C=O) groups excluding carboxylic acids is 2. The molecule has 0 radical (unpaired) electrons. The van der Waals surface area contributed by atoms with Crippen molar-refractivity contribution in [2.75, 3.05) is 0 Å². The van der Waals surface area contributed by atoms with Gasteiger partial charge in [0.2, 0.25) is 0 Å². The second-order valence-corrected chi connectivity index (χ2v) is 5.28. The Morgan fingerprint density at radius 3 is 2.20 bits per heavy atom. The highest BCUT2D eigenvalue weighted by molar-refractivity contribution is 6.30. The number of esters is 1. The Hall–Kier alpha value is -2.33. The number of hydrogen-bond donors (Lipinski definition) is 0. The minimum atomic E-state index is -3.38. The van der Waals surface area contributed by atoms with E-state index in [-0.39, 0.29) is 0 Å². The Morgan fingerprint density at radius 2 is 1.68 bits per heavy atom. The van der Waals surface area contributed by atoms with Crippen LogP contribution in [0.1, 0.15) is 62.7 Å². The summed E-state index contributed by atoms with van der Waals surface area (Å²) >= 11 is 5.73. The lowest BCUT2D eigenvalue weighted by Gasteiger charge is -2.25. The van der Waals surface area contributed by atoms with E-state index in [1.54, 1.807) is 0 Å². The molecule has 0 aliphatic rings. The van der Waals surface area contributed by atoms with Gasteiger partial charge in [-0.3, -0.25) is 4.79 Å². The van der Waals surface area contributed by atoms with Gasteiger partial charge in [-0.1, -0.05) is 11.6 Å². The Bertz CT molecular complexity index is 1300. The zero-order valence-corrected chi connectivity index (χ0v) is 13.8. The van der Waals surface area contributed by atoms with E-state index in [0.29, 0.717) is 6.92 Å². The van der Waals surface area contributed by atoms with Gasteiger partial charge in [0.15, 0.2) is 11.4 Å². The quantitative estimate of drug-likeness (QED) is 0.544. The SMILES string of the molecule is [2H]c1c([2H])c(C(=O)c2c([2H])c([2H])c(OC(C)(C(=O)OC(C)C([2H])([2H])[2H])C([2H])([2H])[2H])c([2H])c2[2H])c([2H])c([2H])c1Cl. The predicted octanol–water partition coefficient (Wildman–Crippen LogP) is 4.68. The van der Waals surface area contributed by atoms with E-state index in [0.717, 1.165) is 6.92 Å². The number of halogens is 1. The summed E-state index contributed by atoms with van der Waals surface area (Å²) in [5.41, 5.74) is -4.91. The zero-order valence-electron chi connectivity index (χ0n) is 27.1. The first-order chi connectivity index (χ1) is 17.5. The average molecular weight is 375 g/mol. The minimum absolute atomic E-state index is 0.589. The summed E-state index contributed by atoms with van der Waals surface area (Å²) in [5, 5.41) is -0.589. The van der Waals surface area contributed by atoms with Crippen molar-refractivity contribution >= 4 is 23.4 Å². The normalized spacial score (nSPS) is 23.3. The molecule has 0 fully saturated rings. The Labute approximate surface area is 172 Å². The molecule has 4 nitrogen and oxygen atoms in total. The Balaban J connectivity index is 2.73. The number of carbonyl (C=O) groups is 2. The fourth-order valence-electron chi connectivity index (χ4n) is 1.52. The highest BCUT2D eigenvalue weighted by Gasteiger charge is 2.32.